The van der Waals surface area contributed by atoms with Crippen LogP contribution < -0.4 is 4.90 Å². The molecule has 0 atom stereocenters. The Morgan fingerprint density at radius 1 is 1.41 bits per heavy atom. The van der Waals surface area contributed by atoms with Gasteiger partial charge in [-0.05, 0) is 19.3 Å². The molecule has 1 saturated heterocycles. The molecule has 2 heterocycles. The molecule has 122 valence electrons. The minimum Gasteiger partial charge on any atom is -0.351 e. The fourth-order valence-corrected chi connectivity index (χ4v) is 3.04. The summed E-state index contributed by atoms with van der Waals surface area (Å²) in [7, 11) is 5.25. The van der Waals surface area contributed by atoms with Gasteiger partial charge in [0, 0.05) is 40.2 Å². The minimum absolute atomic E-state index is 0.00387. The predicted molar refractivity (Wildman–Crippen MR) is 82.9 cm³/mol. The fraction of sp³-hybridized carbons (Fsp3) is 0.714. The highest BCUT2D eigenvalue weighted by atomic mass is 16.6. The smallest absolute Gasteiger partial charge is 0.334 e. The van der Waals surface area contributed by atoms with Gasteiger partial charge in [-0.15, -0.1) is 0 Å². The van der Waals surface area contributed by atoms with E-state index in [1.807, 2.05) is 11.8 Å². The molecule has 1 fully saturated rings. The second kappa shape index (κ2) is 6.33. The van der Waals surface area contributed by atoms with Crippen molar-refractivity contribution < 1.29 is 9.72 Å². The Hall–Kier alpha value is -2.12. The molecule has 1 aromatic rings. The van der Waals surface area contributed by atoms with E-state index in [2.05, 4.69) is 5.10 Å². The molecule has 1 aliphatic heterocycles. The van der Waals surface area contributed by atoms with Gasteiger partial charge in [-0.25, -0.2) is 4.68 Å². The van der Waals surface area contributed by atoms with Crippen molar-refractivity contribution in [1.29, 1.82) is 0 Å². The van der Waals surface area contributed by atoms with Crippen LogP contribution in [0.2, 0.25) is 0 Å². The molecule has 0 saturated carbocycles. The number of carbonyl (C=O) groups is 1. The van der Waals surface area contributed by atoms with E-state index in [-0.39, 0.29) is 22.4 Å². The minimum atomic E-state index is -0.349. The number of anilines is 1. The van der Waals surface area contributed by atoms with Crippen molar-refractivity contribution in [3.8, 4) is 0 Å². The first-order valence-electron chi connectivity index (χ1n) is 7.53. The quantitative estimate of drug-likeness (QED) is 0.616. The summed E-state index contributed by atoms with van der Waals surface area (Å²) in [5, 5.41) is 15.7. The van der Waals surface area contributed by atoms with Crippen LogP contribution in [0.3, 0.4) is 0 Å². The van der Waals surface area contributed by atoms with Crippen LogP contribution >= 0.6 is 0 Å². The third-order valence-corrected chi connectivity index (χ3v) is 4.16. The highest BCUT2D eigenvalue weighted by molar-refractivity contribution is 5.78. The first kappa shape index (κ1) is 16.3. The number of aryl methyl sites for hydroxylation is 2. The molecule has 1 amide bonds. The van der Waals surface area contributed by atoms with Crippen LogP contribution in [0.25, 0.3) is 0 Å². The summed E-state index contributed by atoms with van der Waals surface area (Å²) in [5.74, 6) is 0.690. The lowest BCUT2D eigenvalue weighted by atomic mass is 9.95. The van der Waals surface area contributed by atoms with Crippen molar-refractivity contribution in [3.63, 3.8) is 0 Å². The summed E-state index contributed by atoms with van der Waals surface area (Å²) >= 11 is 0. The van der Waals surface area contributed by atoms with Gasteiger partial charge in [0.15, 0.2) is 0 Å². The second-order valence-electron chi connectivity index (χ2n) is 5.85. The van der Waals surface area contributed by atoms with E-state index >= 15 is 0 Å². The number of hydrogen-bond donors (Lipinski definition) is 0. The highest BCUT2D eigenvalue weighted by Gasteiger charge is 2.33. The van der Waals surface area contributed by atoms with E-state index in [1.165, 1.54) is 0 Å². The van der Waals surface area contributed by atoms with Crippen LogP contribution in [-0.4, -0.2) is 52.7 Å². The molecule has 0 unspecified atom stereocenters. The molecule has 8 heteroatoms. The first-order valence-corrected chi connectivity index (χ1v) is 7.53. The zero-order valence-corrected chi connectivity index (χ0v) is 13.6. The van der Waals surface area contributed by atoms with Gasteiger partial charge in [-0.2, -0.15) is 5.10 Å². The van der Waals surface area contributed by atoms with E-state index in [9.17, 15) is 14.9 Å². The van der Waals surface area contributed by atoms with Crippen LogP contribution in [0.15, 0.2) is 0 Å². The maximum absolute atomic E-state index is 12.0. The van der Waals surface area contributed by atoms with E-state index in [0.29, 0.717) is 43.9 Å². The molecule has 0 radical (unpaired) electrons. The third kappa shape index (κ3) is 2.90. The van der Waals surface area contributed by atoms with Gasteiger partial charge in [0.25, 0.3) is 0 Å². The van der Waals surface area contributed by atoms with E-state index in [0.717, 1.165) is 0 Å². The molecular formula is C14H23N5O3. The van der Waals surface area contributed by atoms with Gasteiger partial charge in [0.05, 0.1) is 4.92 Å². The number of nitro groups is 1. The van der Waals surface area contributed by atoms with Crippen molar-refractivity contribution in [2.75, 3.05) is 32.1 Å². The Labute approximate surface area is 129 Å². The van der Waals surface area contributed by atoms with Crippen molar-refractivity contribution >= 4 is 17.4 Å². The predicted octanol–water partition coefficient (Wildman–Crippen LogP) is 1.20. The molecule has 22 heavy (non-hydrogen) atoms. The van der Waals surface area contributed by atoms with Gasteiger partial charge < -0.3 is 9.80 Å². The summed E-state index contributed by atoms with van der Waals surface area (Å²) in [6.45, 7) is 3.13. The van der Waals surface area contributed by atoms with Crippen molar-refractivity contribution in [1.82, 2.24) is 14.7 Å². The Kier molecular flexibility index (Phi) is 4.68. The maximum Gasteiger partial charge on any atom is 0.334 e. The molecule has 0 bridgehead atoms. The van der Waals surface area contributed by atoms with Gasteiger partial charge in [0.1, 0.15) is 5.69 Å². The SMILES string of the molecule is CCc1nn(C)c(N2CCC(C(=O)N(C)C)CC2)c1[N+](=O)[O-]. The van der Waals surface area contributed by atoms with E-state index in [1.54, 1.807) is 30.7 Å². The largest absolute Gasteiger partial charge is 0.351 e. The van der Waals surface area contributed by atoms with Crippen LogP contribution in [0.1, 0.15) is 25.5 Å². The first-order chi connectivity index (χ1) is 10.4. The summed E-state index contributed by atoms with van der Waals surface area (Å²) in [4.78, 5) is 26.6. The van der Waals surface area contributed by atoms with E-state index in [4.69, 9.17) is 0 Å². The number of piperidine rings is 1. The average molecular weight is 309 g/mol. The monoisotopic (exact) mass is 309 g/mol. The highest BCUT2D eigenvalue weighted by Crippen LogP contribution is 2.34. The van der Waals surface area contributed by atoms with Crippen molar-refractivity contribution in [2.24, 2.45) is 13.0 Å². The third-order valence-electron chi connectivity index (χ3n) is 4.16. The lowest BCUT2D eigenvalue weighted by Crippen LogP contribution is -2.41. The maximum atomic E-state index is 12.0. The number of nitrogens with zero attached hydrogens (tertiary/aromatic N) is 5. The van der Waals surface area contributed by atoms with Gasteiger partial charge >= 0.3 is 5.69 Å². The molecule has 1 aromatic heterocycles. The summed E-state index contributed by atoms with van der Waals surface area (Å²) < 4.78 is 1.59. The van der Waals surface area contributed by atoms with Crippen LogP contribution in [0.5, 0.6) is 0 Å². The molecule has 0 aromatic carbocycles. The number of amides is 1. The summed E-state index contributed by atoms with van der Waals surface area (Å²) in [6, 6.07) is 0. The Balaban J connectivity index is 2.20. The fourth-order valence-electron chi connectivity index (χ4n) is 3.04. The molecule has 0 spiro atoms. The lowest BCUT2D eigenvalue weighted by molar-refractivity contribution is -0.384. The molecule has 0 N–H and O–H groups in total. The van der Waals surface area contributed by atoms with Crippen molar-refractivity contribution in [3.05, 3.63) is 15.8 Å². The lowest BCUT2D eigenvalue weighted by Gasteiger charge is -2.33. The van der Waals surface area contributed by atoms with Gasteiger partial charge in [-0.3, -0.25) is 14.9 Å². The Morgan fingerprint density at radius 2 is 2.00 bits per heavy atom. The molecule has 1 aliphatic rings. The zero-order valence-electron chi connectivity index (χ0n) is 13.6. The number of hydrogen-bond acceptors (Lipinski definition) is 5. The zero-order chi connectivity index (χ0) is 16.4. The number of carbonyl (C=O) groups excluding carboxylic acids is 1. The number of aromatic nitrogens is 2. The number of rotatable bonds is 4. The summed E-state index contributed by atoms with van der Waals surface area (Å²) in [6.07, 6.45) is 1.95. The second-order valence-corrected chi connectivity index (χ2v) is 5.85. The molecule has 0 aliphatic carbocycles. The standard InChI is InChI=1S/C14H23N5O3/c1-5-11-12(19(21)22)13(17(4)15-11)18-8-6-10(7-9-18)14(20)16(2)3/h10H,5-9H2,1-4H3. The molecular weight excluding hydrogens is 286 g/mol. The van der Waals surface area contributed by atoms with Crippen LogP contribution in [0.4, 0.5) is 11.5 Å². The molecule has 2 rings (SSSR count). The Morgan fingerprint density at radius 3 is 2.45 bits per heavy atom. The summed E-state index contributed by atoms with van der Waals surface area (Å²) in [5.41, 5.74) is 0.608. The topological polar surface area (TPSA) is 84.5 Å². The normalized spacial score (nSPS) is 15.9. The average Bonchev–Trinajstić information content (AvgIpc) is 2.83. The van der Waals surface area contributed by atoms with Crippen LogP contribution in [0, 0.1) is 16.0 Å². The van der Waals surface area contributed by atoms with Crippen LogP contribution in [-0.2, 0) is 18.3 Å². The van der Waals surface area contributed by atoms with Crippen molar-refractivity contribution in [2.45, 2.75) is 26.2 Å². The van der Waals surface area contributed by atoms with Gasteiger partial charge in [0.2, 0.25) is 11.7 Å². The molecule has 8 nitrogen and oxygen atoms in total. The Bertz CT molecular complexity index is 573. The van der Waals surface area contributed by atoms with Gasteiger partial charge in [-0.1, -0.05) is 6.92 Å². The van der Waals surface area contributed by atoms with E-state index < -0.39 is 0 Å².